The highest BCUT2D eigenvalue weighted by atomic mass is 32.1. The smallest absolute Gasteiger partial charge is 0.256 e. The van der Waals surface area contributed by atoms with E-state index in [2.05, 4.69) is 5.32 Å². The number of thiocarbonyl (C=S) groups is 1. The Morgan fingerprint density at radius 3 is 2.47 bits per heavy atom. The zero-order valence-corrected chi connectivity index (χ0v) is 12.3. The fraction of sp³-hybridized carbons (Fsp3) is 0.385. The van der Waals surface area contributed by atoms with Crippen molar-refractivity contribution >= 4 is 28.8 Å². The van der Waals surface area contributed by atoms with Gasteiger partial charge in [0, 0.05) is 12.7 Å². The van der Waals surface area contributed by atoms with E-state index in [1.807, 2.05) is 0 Å². The van der Waals surface area contributed by atoms with Crippen LogP contribution in [0.25, 0.3) is 0 Å². The summed E-state index contributed by atoms with van der Waals surface area (Å²) in [6.45, 7) is 3.36. The third-order valence-corrected chi connectivity index (χ3v) is 3.03. The number of methoxy groups -OCH3 is 2. The molecule has 0 atom stereocenters. The van der Waals surface area contributed by atoms with Crippen molar-refractivity contribution in [3.8, 4) is 5.75 Å². The number of nitrogens with two attached hydrogens (primary N) is 1. The molecule has 1 rings (SSSR count). The molecule has 1 amide bonds. The third-order valence-electron chi connectivity index (χ3n) is 2.79. The Kier molecular flexibility index (Phi) is 4.85. The average molecular weight is 282 g/mol. The van der Waals surface area contributed by atoms with E-state index in [0.717, 1.165) is 0 Å². The Morgan fingerprint density at radius 1 is 1.37 bits per heavy atom. The lowest BCUT2D eigenvalue weighted by Crippen LogP contribution is -2.38. The second-order valence-electron chi connectivity index (χ2n) is 4.45. The molecule has 0 bridgehead atoms. The number of ether oxygens (including phenoxy) is 2. The van der Waals surface area contributed by atoms with E-state index in [9.17, 15) is 4.79 Å². The van der Waals surface area contributed by atoms with Gasteiger partial charge in [-0.2, -0.15) is 0 Å². The van der Waals surface area contributed by atoms with Crippen LogP contribution in [0.4, 0.5) is 5.69 Å². The molecule has 104 valence electrons. The number of benzene rings is 1. The van der Waals surface area contributed by atoms with E-state index in [1.54, 1.807) is 32.0 Å². The molecular formula is C13H18N2O3S. The number of carbonyl (C=O) groups excluding carboxylic acids is 1. The van der Waals surface area contributed by atoms with Crippen molar-refractivity contribution < 1.29 is 14.3 Å². The van der Waals surface area contributed by atoms with E-state index in [0.29, 0.717) is 17.0 Å². The Hall–Kier alpha value is -1.66. The van der Waals surface area contributed by atoms with Crippen molar-refractivity contribution in [2.75, 3.05) is 19.5 Å². The van der Waals surface area contributed by atoms with Gasteiger partial charge in [0.05, 0.1) is 12.8 Å². The predicted octanol–water partition coefficient (Wildman–Crippen LogP) is 1.69. The molecule has 0 fully saturated rings. The first kappa shape index (κ1) is 15.4. The van der Waals surface area contributed by atoms with Gasteiger partial charge < -0.3 is 20.5 Å². The molecule has 6 heteroatoms. The quantitative estimate of drug-likeness (QED) is 0.804. The van der Waals surface area contributed by atoms with Gasteiger partial charge in [-0.05, 0) is 32.0 Å². The fourth-order valence-corrected chi connectivity index (χ4v) is 1.44. The summed E-state index contributed by atoms with van der Waals surface area (Å²) in [5.74, 6) is 0.224. The number of amides is 1. The van der Waals surface area contributed by atoms with Crippen LogP contribution in [0.15, 0.2) is 18.2 Å². The van der Waals surface area contributed by atoms with Crippen LogP contribution < -0.4 is 15.8 Å². The van der Waals surface area contributed by atoms with Gasteiger partial charge in [0.2, 0.25) is 0 Å². The zero-order chi connectivity index (χ0) is 14.6. The number of nitrogens with one attached hydrogen (secondary N) is 1. The van der Waals surface area contributed by atoms with Crippen LogP contribution in [-0.4, -0.2) is 30.7 Å². The summed E-state index contributed by atoms with van der Waals surface area (Å²) in [5.41, 5.74) is 5.84. The second kappa shape index (κ2) is 5.99. The Balaban J connectivity index is 3.02. The Morgan fingerprint density at radius 2 is 2.00 bits per heavy atom. The van der Waals surface area contributed by atoms with Gasteiger partial charge in [0.25, 0.3) is 5.91 Å². The van der Waals surface area contributed by atoms with Gasteiger partial charge in [0.1, 0.15) is 16.3 Å². The molecule has 0 radical (unpaired) electrons. The highest BCUT2D eigenvalue weighted by molar-refractivity contribution is 7.80. The first-order chi connectivity index (χ1) is 8.81. The summed E-state index contributed by atoms with van der Waals surface area (Å²) < 4.78 is 10.3. The molecule has 5 nitrogen and oxygen atoms in total. The van der Waals surface area contributed by atoms with Crippen LogP contribution >= 0.6 is 12.2 Å². The van der Waals surface area contributed by atoms with Crippen molar-refractivity contribution in [3.05, 3.63) is 23.8 Å². The van der Waals surface area contributed by atoms with Crippen LogP contribution in [-0.2, 0) is 9.53 Å². The summed E-state index contributed by atoms with van der Waals surface area (Å²) in [4.78, 5) is 12.3. The molecule has 0 aliphatic rings. The number of hydrogen-bond donors (Lipinski definition) is 2. The van der Waals surface area contributed by atoms with E-state index < -0.39 is 5.60 Å². The highest BCUT2D eigenvalue weighted by Crippen LogP contribution is 2.26. The number of hydrogen-bond acceptors (Lipinski definition) is 4. The molecule has 0 aliphatic heterocycles. The topological polar surface area (TPSA) is 73.6 Å². The second-order valence-corrected chi connectivity index (χ2v) is 4.89. The first-order valence-corrected chi connectivity index (χ1v) is 6.07. The number of anilines is 1. The molecule has 1 aromatic carbocycles. The van der Waals surface area contributed by atoms with Crippen LogP contribution in [0, 0.1) is 0 Å². The summed E-state index contributed by atoms with van der Waals surface area (Å²) in [6, 6.07) is 5.09. The summed E-state index contributed by atoms with van der Waals surface area (Å²) in [6.07, 6.45) is 0. The molecule has 1 aromatic rings. The highest BCUT2D eigenvalue weighted by Gasteiger charge is 2.27. The van der Waals surface area contributed by atoms with Crippen molar-refractivity contribution in [1.82, 2.24) is 0 Å². The van der Waals surface area contributed by atoms with Gasteiger partial charge in [-0.15, -0.1) is 0 Å². The molecule has 0 saturated heterocycles. The molecular weight excluding hydrogens is 264 g/mol. The maximum absolute atomic E-state index is 12.0. The fourth-order valence-electron chi connectivity index (χ4n) is 1.31. The van der Waals surface area contributed by atoms with E-state index in [4.69, 9.17) is 27.4 Å². The van der Waals surface area contributed by atoms with Crippen molar-refractivity contribution in [2.24, 2.45) is 5.73 Å². The van der Waals surface area contributed by atoms with Crippen LogP contribution in [0.1, 0.15) is 19.4 Å². The SMILES string of the molecule is COc1cc(C(N)=S)ccc1NC(=O)C(C)(C)OC. The number of carbonyl (C=O) groups is 1. The molecule has 0 unspecified atom stereocenters. The van der Waals surface area contributed by atoms with Gasteiger partial charge in [-0.25, -0.2) is 0 Å². The lowest BCUT2D eigenvalue weighted by Gasteiger charge is -2.22. The largest absolute Gasteiger partial charge is 0.495 e. The van der Waals surface area contributed by atoms with Gasteiger partial charge in [-0.1, -0.05) is 12.2 Å². The number of rotatable bonds is 5. The molecule has 0 aromatic heterocycles. The van der Waals surface area contributed by atoms with E-state index in [1.165, 1.54) is 14.2 Å². The normalized spacial score (nSPS) is 10.9. The minimum Gasteiger partial charge on any atom is -0.495 e. The van der Waals surface area contributed by atoms with Gasteiger partial charge in [-0.3, -0.25) is 4.79 Å². The van der Waals surface area contributed by atoms with Crippen LogP contribution in [0.2, 0.25) is 0 Å². The Bertz CT molecular complexity index is 501. The standard InChI is InChI=1S/C13H18N2O3S/c1-13(2,18-4)12(16)15-9-6-5-8(11(14)19)7-10(9)17-3/h5-7H,1-4H3,(H2,14,19)(H,15,16). The van der Waals surface area contributed by atoms with E-state index in [-0.39, 0.29) is 10.9 Å². The summed E-state index contributed by atoms with van der Waals surface area (Å²) >= 11 is 4.89. The van der Waals surface area contributed by atoms with Crippen molar-refractivity contribution in [3.63, 3.8) is 0 Å². The maximum Gasteiger partial charge on any atom is 0.256 e. The summed E-state index contributed by atoms with van der Waals surface area (Å²) in [7, 11) is 2.99. The van der Waals surface area contributed by atoms with Gasteiger partial charge >= 0.3 is 0 Å². The maximum atomic E-state index is 12.0. The lowest BCUT2D eigenvalue weighted by atomic mass is 10.1. The minimum absolute atomic E-state index is 0.267. The molecule has 19 heavy (non-hydrogen) atoms. The predicted molar refractivity (Wildman–Crippen MR) is 78.6 cm³/mol. The molecule has 0 aliphatic carbocycles. The summed E-state index contributed by atoms with van der Waals surface area (Å²) in [5, 5.41) is 2.75. The molecule has 0 spiro atoms. The van der Waals surface area contributed by atoms with Crippen LogP contribution in [0.3, 0.4) is 0 Å². The average Bonchev–Trinajstić information content (AvgIpc) is 2.38. The third kappa shape index (κ3) is 3.65. The molecule has 0 heterocycles. The lowest BCUT2D eigenvalue weighted by molar-refractivity contribution is -0.133. The van der Waals surface area contributed by atoms with E-state index >= 15 is 0 Å². The van der Waals surface area contributed by atoms with Crippen molar-refractivity contribution in [2.45, 2.75) is 19.4 Å². The Labute approximate surface area is 118 Å². The molecule has 3 N–H and O–H groups in total. The zero-order valence-electron chi connectivity index (χ0n) is 11.4. The molecule has 0 saturated carbocycles. The van der Waals surface area contributed by atoms with Crippen molar-refractivity contribution in [1.29, 1.82) is 0 Å². The minimum atomic E-state index is -0.924. The van der Waals surface area contributed by atoms with Gasteiger partial charge in [0.15, 0.2) is 0 Å². The first-order valence-electron chi connectivity index (χ1n) is 5.66. The van der Waals surface area contributed by atoms with Crippen LogP contribution in [0.5, 0.6) is 5.75 Å². The monoisotopic (exact) mass is 282 g/mol.